The van der Waals surface area contributed by atoms with Crippen LogP contribution in [0.5, 0.6) is 0 Å². The molecule has 1 fully saturated rings. The van der Waals surface area contributed by atoms with E-state index in [-0.39, 0.29) is 24.6 Å². The number of aliphatic hydroxyl groups excluding tert-OH is 1. The average molecular weight is 270 g/mol. The number of nitrogens with zero attached hydrogens (tertiary/aromatic N) is 1. The zero-order valence-corrected chi connectivity index (χ0v) is 12.7. The van der Waals surface area contributed by atoms with E-state index in [4.69, 9.17) is 0 Å². The van der Waals surface area contributed by atoms with Crippen LogP contribution in [0.1, 0.15) is 52.9 Å². The van der Waals surface area contributed by atoms with Gasteiger partial charge in [-0.25, -0.2) is 0 Å². The quantitative estimate of drug-likeness (QED) is 0.741. The maximum absolute atomic E-state index is 12.0. The van der Waals surface area contributed by atoms with Crippen LogP contribution in [-0.2, 0) is 4.79 Å². The number of carbonyl (C=O) groups excluding carboxylic acids is 1. The fraction of sp³-hybridized carbons (Fsp3) is 0.933. The first-order valence-corrected chi connectivity index (χ1v) is 7.67. The van der Waals surface area contributed by atoms with E-state index < -0.39 is 0 Å². The van der Waals surface area contributed by atoms with Crippen molar-refractivity contribution in [3.8, 4) is 0 Å². The standard InChI is InChI=1S/C15H30N2O2/c1-12(2)7-8-13(3)16-15(19)10-17-9-5-4-6-14(17)11-18/h12-14,18H,4-11H2,1-3H3,(H,16,19). The molecule has 1 heterocycles. The molecule has 0 aliphatic carbocycles. The van der Waals surface area contributed by atoms with Crippen LogP contribution >= 0.6 is 0 Å². The third-order valence-electron chi connectivity index (χ3n) is 3.89. The molecule has 112 valence electrons. The molecule has 0 aromatic heterocycles. The lowest BCUT2D eigenvalue weighted by Crippen LogP contribution is -2.48. The first kappa shape index (κ1) is 16.4. The minimum atomic E-state index is 0.0941. The highest BCUT2D eigenvalue weighted by atomic mass is 16.3. The van der Waals surface area contributed by atoms with Crippen LogP contribution in [0.25, 0.3) is 0 Å². The van der Waals surface area contributed by atoms with Crippen LogP contribution in [-0.4, -0.2) is 47.7 Å². The number of carbonyl (C=O) groups is 1. The van der Waals surface area contributed by atoms with Gasteiger partial charge in [-0.05, 0) is 45.1 Å². The van der Waals surface area contributed by atoms with Gasteiger partial charge < -0.3 is 10.4 Å². The summed E-state index contributed by atoms with van der Waals surface area (Å²) in [5.74, 6) is 0.775. The molecule has 4 nitrogen and oxygen atoms in total. The summed E-state index contributed by atoms with van der Waals surface area (Å²) in [6, 6.07) is 0.415. The van der Waals surface area contributed by atoms with Gasteiger partial charge in [-0.2, -0.15) is 0 Å². The highest BCUT2D eigenvalue weighted by Gasteiger charge is 2.23. The summed E-state index contributed by atoms with van der Waals surface area (Å²) in [5, 5.41) is 12.4. The lowest BCUT2D eigenvalue weighted by atomic mass is 10.0. The molecule has 1 saturated heterocycles. The van der Waals surface area contributed by atoms with Crippen molar-refractivity contribution in [1.82, 2.24) is 10.2 Å². The van der Waals surface area contributed by atoms with Crippen LogP contribution in [0.15, 0.2) is 0 Å². The van der Waals surface area contributed by atoms with Crippen molar-refractivity contribution in [1.29, 1.82) is 0 Å². The molecule has 0 saturated carbocycles. The normalized spacial score (nSPS) is 22.5. The second-order valence-electron chi connectivity index (χ2n) is 6.24. The Morgan fingerprint density at radius 3 is 2.68 bits per heavy atom. The lowest BCUT2D eigenvalue weighted by molar-refractivity contribution is -0.124. The number of nitrogens with one attached hydrogen (secondary N) is 1. The zero-order valence-electron chi connectivity index (χ0n) is 12.7. The summed E-state index contributed by atoms with van der Waals surface area (Å²) in [5.41, 5.74) is 0. The highest BCUT2D eigenvalue weighted by Crippen LogP contribution is 2.16. The van der Waals surface area contributed by atoms with E-state index >= 15 is 0 Å². The maximum atomic E-state index is 12.0. The second kappa shape index (κ2) is 8.54. The highest BCUT2D eigenvalue weighted by molar-refractivity contribution is 5.78. The van der Waals surface area contributed by atoms with Gasteiger partial charge in [-0.1, -0.05) is 20.3 Å². The molecule has 1 aliphatic rings. The summed E-state index contributed by atoms with van der Waals surface area (Å²) in [6.07, 6.45) is 5.48. The zero-order chi connectivity index (χ0) is 14.3. The van der Waals surface area contributed by atoms with Gasteiger partial charge in [0.05, 0.1) is 13.2 Å². The van der Waals surface area contributed by atoms with Crippen LogP contribution in [0.3, 0.4) is 0 Å². The molecule has 2 atom stereocenters. The van der Waals surface area contributed by atoms with Gasteiger partial charge in [0, 0.05) is 12.1 Å². The minimum Gasteiger partial charge on any atom is -0.395 e. The molecular weight excluding hydrogens is 240 g/mol. The molecule has 0 bridgehead atoms. The average Bonchev–Trinajstić information content (AvgIpc) is 2.37. The molecule has 2 N–H and O–H groups in total. The molecule has 4 heteroatoms. The summed E-state index contributed by atoms with van der Waals surface area (Å²) in [7, 11) is 0. The van der Waals surface area contributed by atoms with Crippen molar-refractivity contribution < 1.29 is 9.90 Å². The van der Waals surface area contributed by atoms with Gasteiger partial charge in [0.25, 0.3) is 0 Å². The first-order chi connectivity index (χ1) is 9.02. The molecule has 0 spiro atoms. The summed E-state index contributed by atoms with van der Waals surface area (Å²) in [6.45, 7) is 7.99. The maximum Gasteiger partial charge on any atom is 0.234 e. The number of likely N-dealkylation sites (tertiary alicyclic amines) is 1. The molecule has 0 aromatic rings. The van der Waals surface area contributed by atoms with E-state index in [1.54, 1.807) is 0 Å². The third-order valence-corrected chi connectivity index (χ3v) is 3.89. The van der Waals surface area contributed by atoms with Crippen LogP contribution in [0.4, 0.5) is 0 Å². The molecule has 1 aliphatic heterocycles. The van der Waals surface area contributed by atoms with Crippen molar-refractivity contribution in [2.24, 2.45) is 5.92 Å². The van der Waals surface area contributed by atoms with E-state index in [0.717, 1.165) is 38.6 Å². The Kier molecular flexibility index (Phi) is 7.39. The number of piperidine rings is 1. The van der Waals surface area contributed by atoms with E-state index in [0.29, 0.717) is 12.5 Å². The largest absolute Gasteiger partial charge is 0.395 e. The summed E-state index contributed by atoms with van der Waals surface area (Å²) < 4.78 is 0. The molecule has 0 aromatic carbocycles. The number of hydrogen-bond donors (Lipinski definition) is 2. The molecular formula is C15H30N2O2. The Morgan fingerprint density at radius 2 is 2.05 bits per heavy atom. The van der Waals surface area contributed by atoms with Gasteiger partial charge in [0.15, 0.2) is 0 Å². The minimum absolute atomic E-state index is 0.0941. The Labute approximate surface area is 117 Å². The van der Waals surface area contributed by atoms with Gasteiger partial charge in [-0.3, -0.25) is 9.69 Å². The molecule has 2 unspecified atom stereocenters. The number of rotatable bonds is 7. The Morgan fingerprint density at radius 1 is 1.32 bits per heavy atom. The molecule has 0 radical (unpaired) electrons. The fourth-order valence-electron chi connectivity index (χ4n) is 2.64. The topological polar surface area (TPSA) is 52.6 Å². The lowest BCUT2D eigenvalue weighted by Gasteiger charge is -2.34. The molecule has 1 rings (SSSR count). The smallest absolute Gasteiger partial charge is 0.234 e. The predicted molar refractivity (Wildman–Crippen MR) is 78.0 cm³/mol. The Balaban J connectivity index is 2.29. The Hall–Kier alpha value is -0.610. The van der Waals surface area contributed by atoms with Crippen LogP contribution in [0, 0.1) is 5.92 Å². The van der Waals surface area contributed by atoms with Crippen molar-refractivity contribution >= 4 is 5.91 Å². The van der Waals surface area contributed by atoms with Crippen molar-refractivity contribution in [2.45, 2.75) is 65.0 Å². The number of hydrogen-bond acceptors (Lipinski definition) is 3. The van der Waals surface area contributed by atoms with E-state index in [2.05, 4.69) is 31.0 Å². The van der Waals surface area contributed by atoms with E-state index in [1.165, 1.54) is 0 Å². The fourth-order valence-corrected chi connectivity index (χ4v) is 2.64. The SMILES string of the molecule is CC(C)CCC(C)NC(=O)CN1CCCCC1CO. The molecule has 19 heavy (non-hydrogen) atoms. The van der Waals surface area contributed by atoms with Gasteiger partial charge in [0.2, 0.25) is 5.91 Å². The summed E-state index contributed by atoms with van der Waals surface area (Å²) >= 11 is 0. The van der Waals surface area contributed by atoms with Crippen LogP contribution < -0.4 is 5.32 Å². The van der Waals surface area contributed by atoms with Crippen molar-refractivity contribution in [3.63, 3.8) is 0 Å². The molecule has 1 amide bonds. The second-order valence-corrected chi connectivity index (χ2v) is 6.24. The first-order valence-electron chi connectivity index (χ1n) is 7.67. The van der Waals surface area contributed by atoms with Gasteiger partial charge in [-0.15, -0.1) is 0 Å². The Bertz CT molecular complexity index is 269. The number of aliphatic hydroxyl groups is 1. The monoisotopic (exact) mass is 270 g/mol. The van der Waals surface area contributed by atoms with Crippen molar-refractivity contribution in [2.75, 3.05) is 19.7 Å². The number of amides is 1. The van der Waals surface area contributed by atoms with Gasteiger partial charge >= 0.3 is 0 Å². The van der Waals surface area contributed by atoms with Crippen molar-refractivity contribution in [3.05, 3.63) is 0 Å². The predicted octanol–water partition coefficient (Wildman–Crippen LogP) is 1.77. The van der Waals surface area contributed by atoms with Crippen LogP contribution in [0.2, 0.25) is 0 Å². The van der Waals surface area contributed by atoms with E-state index in [9.17, 15) is 9.90 Å². The third kappa shape index (κ3) is 6.39. The van der Waals surface area contributed by atoms with E-state index in [1.807, 2.05) is 0 Å². The summed E-state index contributed by atoms with van der Waals surface area (Å²) in [4.78, 5) is 14.1. The van der Waals surface area contributed by atoms with Gasteiger partial charge in [0.1, 0.15) is 0 Å².